The Morgan fingerprint density at radius 1 is 0.474 bits per heavy atom. The maximum Gasteiger partial charge on any atom is 0.160 e. The fraction of sp³-hybridized carbons (Fsp3) is 0.0286. The molecular weight excluding hydrogens is 462 g/mol. The number of hydrogen-bond donors (Lipinski definition) is 0. The van der Waals surface area contributed by atoms with Crippen LogP contribution in [0.15, 0.2) is 133 Å². The molecule has 0 amide bonds. The number of hydrogen-bond acceptors (Lipinski definition) is 2. The Kier molecular flexibility index (Phi) is 5.33. The number of aromatic nitrogens is 3. The van der Waals surface area contributed by atoms with Crippen LogP contribution in [0.25, 0.3) is 61.4 Å². The minimum atomic E-state index is 0.727. The van der Waals surface area contributed by atoms with Gasteiger partial charge in [-0.1, -0.05) is 109 Å². The van der Waals surface area contributed by atoms with Crippen molar-refractivity contribution < 1.29 is 0 Å². The topological polar surface area (TPSA) is 30.7 Å². The van der Waals surface area contributed by atoms with Crippen LogP contribution in [-0.2, 0) is 0 Å². The van der Waals surface area contributed by atoms with Gasteiger partial charge in [-0.2, -0.15) is 0 Å². The van der Waals surface area contributed by atoms with E-state index in [-0.39, 0.29) is 0 Å². The van der Waals surface area contributed by atoms with Crippen LogP contribution >= 0.6 is 0 Å². The molecule has 0 N–H and O–H groups in total. The average Bonchev–Trinajstić information content (AvgIpc) is 3.32. The summed E-state index contributed by atoms with van der Waals surface area (Å²) in [5.74, 6) is 0.727. The Bertz CT molecular complexity index is 1850. The Balaban J connectivity index is 1.36. The molecular formula is C35H25N3. The summed E-state index contributed by atoms with van der Waals surface area (Å²) < 4.78 is 2.33. The molecule has 0 bridgehead atoms. The standard InChI is InChI=1S/C35H25N3/c1-24-15-17-25(18-16-24)31-23-32(37-35(36-31)27-9-3-2-4-10-27)26-19-21-28(22-20-26)38-33-13-7-5-11-29(33)30-12-6-8-14-34(30)38/h2-23H,1H3. The lowest BCUT2D eigenvalue weighted by molar-refractivity contribution is 1.17. The van der Waals surface area contributed by atoms with E-state index in [1.807, 2.05) is 18.2 Å². The van der Waals surface area contributed by atoms with Crippen molar-refractivity contribution in [3.63, 3.8) is 0 Å². The lowest BCUT2D eigenvalue weighted by atomic mass is 10.1. The molecule has 0 aliphatic heterocycles. The Labute approximate surface area is 221 Å². The molecule has 0 spiro atoms. The maximum atomic E-state index is 4.99. The zero-order valence-electron chi connectivity index (χ0n) is 21.0. The van der Waals surface area contributed by atoms with Crippen LogP contribution in [0.4, 0.5) is 0 Å². The SMILES string of the molecule is Cc1ccc(-c2cc(-c3ccc(-n4c5ccccc5c5ccccc54)cc3)nc(-c3ccccc3)n2)cc1. The van der Waals surface area contributed by atoms with E-state index in [2.05, 4.69) is 127 Å². The molecule has 0 aliphatic carbocycles. The second kappa shape index (κ2) is 9.13. The lowest BCUT2D eigenvalue weighted by Crippen LogP contribution is -1.97. The maximum absolute atomic E-state index is 4.99. The number of fused-ring (bicyclic) bond motifs is 3. The third kappa shape index (κ3) is 3.86. The number of benzene rings is 5. The van der Waals surface area contributed by atoms with E-state index >= 15 is 0 Å². The van der Waals surface area contributed by atoms with Crippen molar-refractivity contribution in [2.24, 2.45) is 0 Å². The minimum absolute atomic E-state index is 0.727. The van der Waals surface area contributed by atoms with Gasteiger partial charge in [-0.3, -0.25) is 0 Å². The highest BCUT2D eigenvalue weighted by Gasteiger charge is 2.13. The Morgan fingerprint density at radius 3 is 1.55 bits per heavy atom. The van der Waals surface area contributed by atoms with Crippen molar-refractivity contribution in [1.82, 2.24) is 14.5 Å². The second-order valence-electron chi connectivity index (χ2n) is 9.61. The fourth-order valence-corrected chi connectivity index (χ4v) is 5.17. The molecule has 2 aromatic heterocycles. The lowest BCUT2D eigenvalue weighted by Gasteiger charge is -2.11. The molecule has 0 saturated carbocycles. The first-order valence-corrected chi connectivity index (χ1v) is 12.9. The molecule has 5 aromatic carbocycles. The van der Waals surface area contributed by atoms with E-state index in [0.717, 1.165) is 39.6 Å². The van der Waals surface area contributed by atoms with Gasteiger partial charge in [0.25, 0.3) is 0 Å². The molecule has 3 nitrogen and oxygen atoms in total. The van der Waals surface area contributed by atoms with Gasteiger partial charge in [0.2, 0.25) is 0 Å². The van der Waals surface area contributed by atoms with Crippen LogP contribution in [0.5, 0.6) is 0 Å². The summed E-state index contributed by atoms with van der Waals surface area (Å²) in [4.78, 5) is 9.93. The molecule has 3 heteroatoms. The van der Waals surface area contributed by atoms with Crippen LogP contribution in [-0.4, -0.2) is 14.5 Å². The van der Waals surface area contributed by atoms with Crippen LogP contribution in [0.1, 0.15) is 5.56 Å². The Hall–Kier alpha value is -5.02. The summed E-state index contributed by atoms with van der Waals surface area (Å²) in [5, 5.41) is 2.52. The van der Waals surface area contributed by atoms with Gasteiger partial charge in [-0.15, -0.1) is 0 Å². The summed E-state index contributed by atoms with van der Waals surface area (Å²) in [5.41, 5.74) is 9.73. The smallest absolute Gasteiger partial charge is 0.160 e. The molecule has 0 unspecified atom stereocenters. The Morgan fingerprint density at radius 2 is 0.974 bits per heavy atom. The number of rotatable bonds is 4. The van der Waals surface area contributed by atoms with Crippen molar-refractivity contribution in [2.75, 3.05) is 0 Å². The van der Waals surface area contributed by atoms with E-state index in [4.69, 9.17) is 9.97 Å². The summed E-state index contributed by atoms with van der Waals surface area (Å²) in [6, 6.07) is 46.6. The zero-order valence-corrected chi connectivity index (χ0v) is 21.0. The summed E-state index contributed by atoms with van der Waals surface area (Å²) in [6.07, 6.45) is 0. The van der Waals surface area contributed by atoms with E-state index in [1.54, 1.807) is 0 Å². The molecule has 180 valence electrons. The van der Waals surface area contributed by atoms with Gasteiger partial charge in [-0.05, 0) is 37.3 Å². The van der Waals surface area contributed by atoms with Crippen molar-refractivity contribution in [3.8, 4) is 39.6 Å². The van der Waals surface area contributed by atoms with Gasteiger partial charge in [0.05, 0.1) is 22.4 Å². The number of nitrogens with zero attached hydrogens (tertiary/aromatic N) is 3. The van der Waals surface area contributed by atoms with Gasteiger partial charge in [0, 0.05) is 33.2 Å². The predicted molar refractivity (Wildman–Crippen MR) is 157 cm³/mol. The van der Waals surface area contributed by atoms with Gasteiger partial charge in [0.1, 0.15) is 0 Å². The zero-order chi connectivity index (χ0) is 25.5. The highest BCUT2D eigenvalue weighted by molar-refractivity contribution is 6.09. The molecule has 0 atom stereocenters. The van der Waals surface area contributed by atoms with Crippen LogP contribution < -0.4 is 0 Å². The first-order valence-electron chi connectivity index (χ1n) is 12.9. The first kappa shape index (κ1) is 22.2. The fourth-order valence-electron chi connectivity index (χ4n) is 5.17. The summed E-state index contributed by atoms with van der Waals surface area (Å²) in [7, 11) is 0. The molecule has 7 aromatic rings. The first-order chi connectivity index (χ1) is 18.7. The van der Waals surface area contributed by atoms with Crippen LogP contribution in [0.3, 0.4) is 0 Å². The molecule has 2 heterocycles. The highest BCUT2D eigenvalue weighted by atomic mass is 15.0. The van der Waals surface area contributed by atoms with E-state index in [9.17, 15) is 0 Å². The van der Waals surface area contributed by atoms with E-state index < -0.39 is 0 Å². The highest BCUT2D eigenvalue weighted by Crippen LogP contribution is 2.33. The number of aryl methyl sites for hydroxylation is 1. The van der Waals surface area contributed by atoms with Crippen molar-refractivity contribution in [1.29, 1.82) is 0 Å². The van der Waals surface area contributed by atoms with E-state index in [0.29, 0.717) is 0 Å². The molecule has 0 fully saturated rings. The number of para-hydroxylation sites is 2. The van der Waals surface area contributed by atoms with Gasteiger partial charge < -0.3 is 4.57 Å². The van der Waals surface area contributed by atoms with Crippen molar-refractivity contribution in [3.05, 3.63) is 139 Å². The molecule has 38 heavy (non-hydrogen) atoms. The van der Waals surface area contributed by atoms with Gasteiger partial charge in [0.15, 0.2) is 5.82 Å². The second-order valence-corrected chi connectivity index (χ2v) is 9.61. The quantitative estimate of drug-likeness (QED) is 0.248. The van der Waals surface area contributed by atoms with Crippen LogP contribution in [0, 0.1) is 6.92 Å². The van der Waals surface area contributed by atoms with Crippen LogP contribution in [0.2, 0.25) is 0 Å². The average molecular weight is 488 g/mol. The molecule has 0 aliphatic rings. The third-order valence-corrected chi connectivity index (χ3v) is 7.11. The van der Waals surface area contributed by atoms with Gasteiger partial charge in [-0.25, -0.2) is 9.97 Å². The minimum Gasteiger partial charge on any atom is -0.309 e. The van der Waals surface area contributed by atoms with Crippen molar-refractivity contribution in [2.45, 2.75) is 6.92 Å². The van der Waals surface area contributed by atoms with Crippen molar-refractivity contribution >= 4 is 21.8 Å². The summed E-state index contributed by atoms with van der Waals surface area (Å²) >= 11 is 0. The largest absolute Gasteiger partial charge is 0.309 e. The predicted octanol–water partition coefficient (Wildman–Crippen LogP) is 8.88. The molecule has 0 saturated heterocycles. The molecule has 7 rings (SSSR count). The summed E-state index contributed by atoms with van der Waals surface area (Å²) in [6.45, 7) is 2.10. The monoisotopic (exact) mass is 487 g/mol. The third-order valence-electron chi connectivity index (χ3n) is 7.11. The molecule has 0 radical (unpaired) electrons. The van der Waals surface area contributed by atoms with Gasteiger partial charge >= 0.3 is 0 Å². The van der Waals surface area contributed by atoms with E-state index in [1.165, 1.54) is 27.4 Å². The normalized spacial score (nSPS) is 11.3.